The summed E-state index contributed by atoms with van der Waals surface area (Å²) in [6.07, 6.45) is 7.98. The van der Waals surface area contributed by atoms with Gasteiger partial charge in [0.25, 0.3) is 0 Å². The van der Waals surface area contributed by atoms with Gasteiger partial charge in [-0.2, -0.15) is 0 Å². The molecule has 0 aromatic carbocycles. The van der Waals surface area contributed by atoms with Crippen molar-refractivity contribution in [1.82, 2.24) is 5.32 Å². The summed E-state index contributed by atoms with van der Waals surface area (Å²) in [6, 6.07) is 0. The van der Waals surface area contributed by atoms with E-state index in [1.807, 2.05) is 13.0 Å². The first-order chi connectivity index (χ1) is 6.33. The van der Waals surface area contributed by atoms with Gasteiger partial charge in [0.15, 0.2) is 0 Å². The second-order valence-corrected chi connectivity index (χ2v) is 2.87. The highest BCUT2D eigenvalue weighted by Gasteiger charge is 2.02. The topological polar surface area (TPSA) is 38.3 Å². The van der Waals surface area contributed by atoms with Crippen molar-refractivity contribution in [2.75, 3.05) is 13.2 Å². The van der Waals surface area contributed by atoms with Gasteiger partial charge in [-0.1, -0.05) is 18.2 Å². The molecule has 0 aromatic heterocycles. The minimum atomic E-state index is -0.345. The van der Waals surface area contributed by atoms with E-state index in [2.05, 4.69) is 17.5 Å². The lowest BCUT2D eigenvalue weighted by atomic mass is 10.1. The van der Waals surface area contributed by atoms with Crippen molar-refractivity contribution in [3.63, 3.8) is 0 Å². The minimum Gasteiger partial charge on any atom is -0.445 e. The summed E-state index contributed by atoms with van der Waals surface area (Å²) in [5.41, 5.74) is 1.08. The standard InChI is InChI=1S/C10H15NO2/c1-2-11-10(12)13-8-9-6-4-3-5-7-9/h4,6-7H,2-3,5,8H2,1H3,(H,11,12). The summed E-state index contributed by atoms with van der Waals surface area (Å²) in [5, 5.41) is 2.57. The second kappa shape index (κ2) is 5.41. The molecule has 0 unspecified atom stereocenters. The van der Waals surface area contributed by atoms with Gasteiger partial charge in [-0.15, -0.1) is 0 Å². The molecule has 0 spiro atoms. The number of carbonyl (C=O) groups is 1. The van der Waals surface area contributed by atoms with Crippen LogP contribution in [0.4, 0.5) is 4.79 Å². The number of hydrogen-bond donors (Lipinski definition) is 1. The van der Waals surface area contributed by atoms with E-state index in [4.69, 9.17) is 4.74 Å². The van der Waals surface area contributed by atoms with Gasteiger partial charge < -0.3 is 10.1 Å². The molecule has 0 saturated heterocycles. The first kappa shape index (κ1) is 9.84. The summed E-state index contributed by atoms with van der Waals surface area (Å²) in [4.78, 5) is 10.9. The summed E-state index contributed by atoms with van der Waals surface area (Å²) in [7, 11) is 0. The highest BCUT2D eigenvalue weighted by atomic mass is 16.5. The molecule has 0 atom stereocenters. The molecule has 0 aromatic rings. The number of allylic oxidation sites excluding steroid dienone is 2. The summed E-state index contributed by atoms with van der Waals surface area (Å²) < 4.78 is 4.95. The molecule has 1 N–H and O–H groups in total. The van der Waals surface area contributed by atoms with Crippen molar-refractivity contribution in [3.8, 4) is 0 Å². The van der Waals surface area contributed by atoms with Crippen LogP contribution in [-0.4, -0.2) is 19.2 Å². The van der Waals surface area contributed by atoms with Gasteiger partial charge in [-0.25, -0.2) is 4.79 Å². The molecule has 72 valence electrons. The minimum absolute atomic E-state index is 0.345. The lowest BCUT2D eigenvalue weighted by Crippen LogP contribution is -2.24. The van der Waals surface area contributed by atoms with Gasteiger partial charge in [0, 0.05) is 6.54 Å². The molecule has 0 radical (unpaired) electrons. The fourth-order valence-electron chi connectivity index (χ4n) is 1.12. The highest BCUT2D eigenvalue weighted by Crippen LogP contribution is 2.09. The largest absolute Gasteiger partial charge is 0.445 e. The molecule has 0 aliphatic heterocycles. The Labute approximate surface area is 78.5 Å². The zero-order valence-corrected chi connectivity index (χ0v) is 7.88. The predicted octanol–water partition coefficient (Wildman–Crippen LogP) is 2.01. The SMILES string of the molecule is CCNC(=O)OCC1=CCCC=C1. The third-order valence-electron chi connectivity index (χ3n) is 1.76. The molecule has 3 heteroatoms. The lowest BCUT2D eigenvalue weighted by molar-refractivity contribution is 0.157. The van der Waals surface area contributed by atoms with Crippen LogP contribution in [0.25, 0.3) is 0 Å². The van der Waals surface area contributed by atoms with Crippen LogP contribution < -0.4 is 5.32 Å². The van der Waals surface area contributed by atoms with Gasteiger partial charge in [0.2, 0.25) is 0 Å². The third kappa shape index (κ3) is 3.78. The van der Waals surface area contributed by atoms with Crippen molar-refractivity contribution in [3.05, 3.63) is 23.8 Å². The van der Waals surface area contributed by atoms with E-state index in [1.54, 1.807) is 0 Å². The molecule has 1 amide bonds. The third-order valence-corrected chi connectivity index (χ3v) is 1.76. The lowest BCUT2D eigenvalue weighted by Gasteiger charge is -2.08. The summed E-state index contributed by atoms with van der Waals surface area (Å²) in [5.74, 6) is 0. The first-order valence-corrected chi connectivity index (χ1v) is 4.59. The average molecular weight is 181 g/mol. The van der Waals surface area contributed by atoms with Crippen molar-refractivity contribution in [1.29, 1.82) is 0 Å². The first-order valence-electron chi connectivity index (χ1n) is 4.59. The Morgan fingerprint density at radius 2 is 2.46 bits per heavy atom. The molecule has 0 saturated carbocycles. The molecule has 0 heterocycles. The second-order valence-electron chi connectivity index (χ2n) is 2.87. The Morgan fingerprint density at radius 3 is 3.08 bits per heavy atom. The Balaban J connectivity index is 2.22. The number of ether oxygens (including phenoxy) is 1. The van der Waals surface area contributed by atoms with Crippen LogP contribution in [0.5, 0.6) is 0 Å². The van der Waals surface area contributed by atoms with Crippen LogP contribution in [-0.2, 0) is 4.74 Å². The normalized spacial score (nSPS) is 15.0. The maximum atomic E-state index is 10.9. The number of nitrogens with one attached hydrogen (secondary N) is 1. The summed E-state index contributed by atoms with van der Waals surface area (Å²) in [6.45, 7) is 2.84. The van der Waals surface area contributed by atoms with Gasteiger partial charge in [0.1, 0.15) is 6.61 Å². The fourth-order valence-corrected chi connectivity index (χ4v) is 1.12. The number of carbonyl (C=O) groups excluding carboxylic acids is 1. The van der Waals surface area contributed by atoms with Crippen molar-refractivity contribution in [2.45, 2.75) is 19.8 Å². The highest BCUT2D eigenvalue weighted by molar-refractivity contribution is 5.67. The molecule has 1 aliphatic carbocycles. The van der Waals surface area contributed by atoms with E-state index in [0.717, 1.165) is 18.4 Å². The Hall–Kier alpha value is -1.25. The van der Waals surface area contributed by atoms with Crippen LogP contribution in [0.15, 0.2) is 23.8 Å². The maximum absolute atomic E-state index is 10.9. The Morgan fingerprint density at radius 1 is 1.62 bits per heavy atom. The molecule has 1 rings (SSSR count). The van der Waals surface area contributed by atoms with Gasteiger partial charge in [0.05, 0.1) is 0 Å². The van der Waals surface area contributed by atoms with Crippen LogP contribution in [0, 0.1) is 0 Å². The molecular formula is C10H15NO2. The maximum Gasteiger partial charge on any atom is 0.407 e. The molecule has 13 heavy (non-hydrogen) atoms. The van der Waals surface area contributed by atoms with Gasteiger partial charge in [-0.3, -0.25) is 0 Å². The fraction of sp³-hybridized carbons (Fsp3) is 0.500. The van der Waals surface area contributed by atoms with E-state index in [0.29, 0.717) is 13.2 Å². The quantitative estimate of drug-likeness (QED) is 0.723. The monoisotopic (exact) mass is 181 g/mol. The van der Waals surface area contributed by atoms with E-state index < -0.39 is 0 Å². The van der Waals surface area contributed by atoms with Gasteiger partial charge >= 0.3 is 6.09 Å². The smallest absolute Gasteiger partial charge is 0.407 e. The van der Waals surface area contributed by atoms with E-state index in [-0.39, 0.29) is 6.09 Å². The Bertz CT molecular complexity index is 231. The zero-order valence-electron chi connectivity index (χ0n) is 7.88. The number of rotatable bonds is 3. The molecule has 3 nitrogen and oxygen atoms in total. The van der Waals surface area contributed by atoms with Crippen molar-refractivity contribution in [2.24, 2.45) is 0 Å². The van der Waals surface area contributed by atoms with E-state index >= 15 is 0 Å². The van der Waals surface area contributed by atoms with E-state index in [9.17, 15) is 4.79 Å². The zero-order chi connectivity index (χ0) is 9.52. The van der Waals surface area contributed by atoms with Crippen LogP contribution in [0.1, 0.15) is 19.8 Å². The van der Waals surface area contributed by atoms with Crippen molar-refractivity contribution >= 4 is 6.09 Å². The van der Waals surface area contributed by atoms with E-state index in [1.165, 1.54) is 0 Å². The average Bonchev–Trinajstić information content (AvgIpc) is 2.17. The van der Waals surface area contributed by atoms with Crippen LogP contribution >= 0.6 is 0 Å². The van der Waals surface area contributed by atoms with Crippen LogP contribution in [0.3, 0.4) is 0 Å². The Kier molecular flexibility index (Phi) is 4.09. The number of hydrogen-bond acceptors (Lipinski definition) is 2. The predicted molar refractivity (Wildman–Crippen MR) is 51.5 cm³/mol. The summed E-state index contributed by atoms with van der Waals surface area (Å²) >= 11 is 0. The van der Waals surface area contributed by atoms with Crippen LogP contribution in [0.2, 0.25) is 0 Å². The number of alkyl carbamates (subject to hydrolysis) is 1. The number of amides is 1. The molecule has 0 fully saturated rings. The van der Waals surface area contributed by atoms with Crippen molar-refractivity contribution < 1.29 is 9.53 Å². The molecule has 1 aliphatic rings. The molecule has 0 bridgehead atoms. The molecular weight excluding hydrogens is 166 g/mol. The van der Waals surface area contributed by atoms with Gasteiger partial charge in [-0.05, 0) is 25.3 Å².